The topological polar surface area (TPSA) is 67.2 Å². The van der Waals surface area contributed by atoms with E-state index < -0.39 is 0 Å². The summed E-state index contributed by atoms with van der Waals surface area (Å²) >= 11 is 0. The van der Waals surface area contributed by atoms with E-state index in [1.165, 1.54) is 10.5 Å². The SMILES string of the molecule is Cc1ccc(-c2nn(-c3ccccc3)cc2C(=O)NCc2ccc(C(=O)N(C)C)cc2)cc1C. The molecule has 0 unspecified atom stereocenters. The van der Waals surface area contributed by atoms with Gasteiger partial charge in [-0.15, -0.1) is 0 Å². The number of aryl methyl sites for hydroxylation is 2. The molecule has 0 radical (unpaired) electrons. The van der Waals surface area contributed by atoms with Gasteiger partial charge in [-0.05, 0) is 60.9 Å². The minimum atomic E-state index is -0.205. The summed E-state index contributed by atoms with van der Waals surface area (Å²) in [5.74, 6) is -0.259. The Kier molecular flexibility index (Phi) is 6.59. The summed E-state index contributed by atoms with van der Waals surface area (Å²) in [7, 11) is 3.44. The normalized spacial score (nSPS) is 10.7. The van der Waals surface area contributed by atoms with Crippen molar-refractivity contribution in [3.8, 4) is 16.9 Å². The number of aromatic nitrogens is 2. The van der Waals surface area contributed by atoms with E-state index in [9.17, 15) is 9.59 Å². The Bertz CT molecular complexity index is 1320. The zero-order valence-corrected chi connectivity index (χ0v) is 19.9. The zero-order chi connectivity index (χ0) is 24.2. The van der Waals surface area contributed by atoms with Crippen molar-refractivity contribution < 1.29 is 9.59 Å². The van der Waals surface area contributed by atoms with Crippen molar-refractivity contribution in [3.05, 3.63) is 107 Å². The van der Waals surface area contributed by atoms with Crippen molar-refractivity contribution in [1.29, 1.82) is 0 Å². The van der Waals surface area contributed by atoms with Crippen LogP contribution in [0.3, 0.4) is 0 Å². The number of benzene rings is 3. The average Bonchev–Trinajstić information content (AvgIpc) is 3.30. The zero-order valence-electron chi connectivity index (χ0n) is 19.9. The van der Waals surface area contributed by atoms with Gasteiger partial charge in [-0.1, -0.05) is 42.5 Å². The molecule has 0 spiro atoms. The van der Waals surface area contributed by atoms with Gasteiger partial charge in [-0.2, -0.15) is 5.10 Å². The first-order valence-electron chi connectivity index (χ1n) is 11.1. The van der Waals surface area contributed by atoms with Crippen LogP contribution >= 0.6 is 0 Å². The minimum absolute atomic E-state index is 0.0538. The van der Waals surface area contributed by atoms with Gasteiger partial charge in [0.15, 0.2) is 0 Å². The average molecular weight is 453 g/mol. The molecule has 0 fully saturated rings. The molecule has 6 heteroatoms. The van der Waals surface area contributed by atoms with Gasteiger partial charge < -0.3 is 10.2 Å². The molecular weight excluding hydrogens is 424 g/mol. The van der Waals surface area contributed by atoms with E-state index in [1.807, 2.05) is 54.6 Å². The van der Waals surface area contributed by atoms with E-state index in [0.29, 0.717) is 23.4 Å². The molecule has 1 heterocycles. The molecule has 34 heavy (non-hydrogen) atoms. The predicted octanol–water partition coefficient (Wildman–Crippen LogP) is 4.79. The van der Waals surface area contributed by atoms with Crippen molar-refractivity contribution in [2.24, 2.45) is 0 Å². The lowest BCUT2D eigenvalue weighted by molar-refractivity contribution is 0.0827. The van der Waals surface area contributed by atoms with Crippen molar-refractivity contribution in [1.82, 2.24) is 20.0 Å². The third-order valence-corrected chi connectivity index (χ3v) is 5.82. The molecule has 0 atom stereocenters. The fourth-order valence-corrected chi connectivity index (χ4v) is 3.66. The maximum Gasteiger partial charge on any atom is 0.255 e. The highest BCUT2D eigenvalue weighted by molar-refractivity contribution is 6.00. The lowest BCUT2D eigenvalue weighted by Gasteiger charge is -2.11. The Labute approximate surface area is 199 Å². The standard InChI is InChI=1S/C28H28N4O2/c1-19-10-13-23(16-20(19)2)26-25(18-32(30-26)24-8-6-5-7-9-24)27(33)29-17-21-11-14-22(15-12-21)28(34)31(3)4/h5-16,18H,17H2,1-4H3,(H,29,33). The molecule has 0 saturated carbocycles. The van der Waals surface area contributed by atoms with Crippen LogP contribution in [-0.4, -0.2) is 40.6 Å². The van der Waals surface area contributed by atoms with Crippen LogP contribution in [-0.2, 0) is 6.54 Å². The molecule has 0 bridgehead atoms. The number of para-hydroxylation sites is 1. The molecule has 0 aliphatic rings. The predicted molar refractivity (Wildman–Crippen MR) is 134 cm³/mol. The minimum Gasteiger partial charge on any atom is -0.348 e. The van der Waals surface area contributed by atoms with E-state index >= 15 is 0 Å². The third kappa shape index (κ3) is 4.91. The maximum absolute atomic E-state index is 13.2. The van der Waals surface area contributed by atoms with Gasteiger partial charge in [0.25, 0.3) is 11.8 Å². The quantitative estimate of drug-likeness (QED) is 0.457. The highest BCUT2D eigenvalue weighted by atomic mass is 16.2. The van der Waals surface area contributed by atoms with E-state index in [-0.39, 0.29) is 11.8 Å². The Morgan fingerprint density at radius 2 is 1.62 bits per heavy atom. The summed E-state index contributed by atoms with van der Waals surface area (Å²) in [5, 5.41) is 7.76. The molecule has 1 aromatic heterocycles. The lowest BCUT2D eigenvalue weighted by Crippen LogP contribution is -2.23. The largest absolute Gasteiger partial charge is 0.348 e. The highest BCUT2D eigenvalue weighted by Gasteiger charge is 2.19. The molecule has 0 aliphatic heterocycles. The number of nitrogens with zero attached hydrogens (tertiary/aromatic N) is 3. The van der Waals surface area contributed by atoms with Gasteiger partial charge in [0, 0.05) is 38.0 Å². The summed E-state index contributed by atoms with van der Waals surface area (Å²) in [6, 6.07) is 23.1. The van der Waals surface area contributed by atoms with Crippen LogP contribution in [0.25, 0.3) is 16.9 Å². The van der Waals surface area contributed by atoms with Crippen LogP contribution < -0.4 is 5.32 Å². The van der Waals surface area contributed by atoms with Gasteiger partial charge in [0.05, 0.1) is 11.3 Å². The molecule has 2 amide bonds. The number of hydrogen-bond donors (Lipinski definition) is 1. The molecular formula is C28H28N4O2. The second kappa shape index (κ2) is 9.75. The third-order valence-electron chi connectivity index (χ3n) is 5.82. The van der Waals surface area contributed by atoms with Crippen LogP contribution in [0.1, 0.15) is 37.4 Å². The molecule has 4 aromatic rings. The van der Waals surface area contributed by atoms with E-state index in [1.54, 1.807) is 37.1 Å². The molecule has 1 N–H and O–H groups in total. The number of rotatable bonds is 6. The second-order valence-electron chi connectivity index (χ2n) is 8.55. The number of amides is 2. The molecule has 6 nitrogen and oxygen atoms in total. The van der Waals surface area contributed by atoms with Gasteiger partial charge in [-0.25, -0.2) is 4.68 Å². The molecule has 3 aromatic carbocycles. The second-order valence-corrected chi connectivity index (χ2v) is 8.55. The first kappa shape index (κ1) is 23.0. The maximum atomic E-state index is 13.2. The van der Waals surface area contributed by atoms with E-state index in [4.69, 9.17) is 5.10 Å². The van der Waals surface area contributed by atoms with Crippen LogP contribution in [0.4, 0.5) is 0 Å². The van der Waals surface area contributed by atoms with Crippen LogP contribution in [0, 0.1) is 13.8 Å². The van der Waals surface area contributed by atoms with E-state index in [2.05, 4.69) is 25.2 Å². The summed E-state index contributed by atoms with van der Waals surface area (Å²) in [4.78, 5) is 26.9. The number of hydrogen-bond acceptors (Lipinski definition) is 3. The van der Waals surface area contributed by atoms with Crippen LogP contribution in [0.5, 0.6) is 0 Å². The van der Waals surface area contributed by atoms with Crippen molar-refractivity contribution in [3.63, 3.8) is 0 Å². The Balaban J connectivity index is 1.60. The Morgan fingerprint density at radius 1 is 0.912 bits per heavy atom. The molecule has 4 rings (SSSR count). The van der Waals surface area contributed by atoms with Crippen LogP contribution in [0.15, 0.2) is 79.0 Å². The monoisotopic (exact) mass is 452 g/mol. The summed E-state index contributed by atoms with van der Waals surface area (Å²) in [5.41, 5.74) is 6.78. The van der Waals surface area contributed by atoms with Gasteiger partial charge in [-0.3, -0.25) is 9.59 Å². The van der Waals surface area contributed by atoms with Gasteiger partial charge in [0.2, 0.25) is 0 Å². The summed E-state index contributed by atoms with van der Waals surface area (Å²) in [6.07, 6.45) is 1.77. The number of nitrogens with one attached hydrogen (secondary N) is 1. The van der Waals surface area contributed by atoms with Crippen LogP contribution in [0.2, 0.25) is 0 Å². The molecule has 0 saturated heterocycles. The Morgan fingerprint density at radius 3 is 2.26 bits per heavy atom. The first-order valence-corrected chi connectivity index (χ1v) is 11.1. The fourth-order valence-electron chi connectivity index (χ4n) is 3.66. The molecule has 172 valence electrons. The summed E-state index contributed by atoms with van der Waals surface area (Å²) < 4.78 is 1.74. The smallest absolute Gasteiger partial charge is 0.255 e. The molecule has 0 aliphatic carbocycles. The van der Waals surface area contributed by atoms with Crippen molar-refractivity contribution >= 4 is 11.8 Å². The summed E-state index contributed by atoms with van der Waals surface area (Å²) in [6.45, 7) is 4.46. The first-order chi connectivity index (χ1) is 16.3. The lowest BCUT2D eigenvalue weighted by atomic mass is 10.0. The highest BCUT2D eigenvalue weighted by Crippen LogP contribution is 2.26. The van der Waals surface area contributed by atoms with E-state index in [0.717, 1.165) is 22.4 Å². The number of carbonyl (C=O) groups excluding carboxylic acids is 2. The van der Waals surface area contributed by atoms with Crippen molar-refractivity contribution in [2.45, 2.75) is 20.4 Å². The van der Waals surface area contributed by atoms with Crippen molar-refractivity contribution in [2.75, 3.05) is 14.1 Å². The number of carbonyl (C=O) groups is 2. The van der Waals surface area contributed by atoms with Gasteiger partial charge >= 0.3 is 0 Å². The Hall–Kier alpha value is -4.19. The fraction of sp³-hybridized carbons (Fsp3) is 0.179. The van der Waals surface area contributed by atoms with Gasteiger partial charge in [0.1, 0.15) is 5.69 Å².